The van der Waals surface area contributed by atoms with Crippen molar-refractivity contribution in [1.29, 1.82) is 0 Å². The maximum Gasteiger partial charge on any atom is 0.165 e. The van der Waals surface area contributed by atoms with Gasteiger partial charge in [0, 0.05) is 29.8 Å². The summed E-state index contributed by atoms with van der Waals surface area (Å²) in [5, 5.41) is 3.59. The van der Waals surface area contributed by atoms with Crippen LogP contribution >= 0.6 is 0 Å². The van der Waals surface area contributed by atoms with Crippen molar-refractivity contribution in [2.75, 3.05) is 21.3 Å². The molecule has 0 saturated heterocycles. The van der Waals surface area contributed by atoms with Gasteiger partial charge in [-0.3, -0.25) is 0 Å². The van der Waals surface area contributed by atoms with Crippen LogP contribution < -0.4 is 19.5 Å². The maximum atomic E-state index is 5.54. The first-order chi connectivity index (χ1) is 9.60. The Bertz CT molecular complexity index is 471. The molecule has 4 nitrogen and oxygen atoms in total. The Morgan fingerprint density at radius 1 is 1.10 bits per heavy atom. The molecule has 1 N–H and O–H groups in total. The summed E-state index contributed by atoms with van der Waals surface area (Å²) in [6.07, 6.45) is 2.13. The number of ether oxygens (including phenoxy) is 3. The highest BCUT2D eigenvalue weighted by molar-refractivity contribution is 5.58. The first kappa shape index (κ1) is 15.0. The molecule has 0 saturated carbocycles. The van der Waals surface area contributed by atoms with Crippen molar-refractivity contribution in [3.8, 4) is 17.2 Å². The monoisotopic (exact) mass is 279 g/mol. The first-order valence-electron chi connectivity index (χ1n) is 7.14. The van der Waals surface area contributed by atoms with Crippen LogP contribution in [0.5, 0.6) is 17.2 Å². The Kier molecular flexibility index (Phi) is 4.76. The Morgan fingerprint density at radius 2 is 1.80 bits per heavy atom. The second-order valence-corrected chi connectivity index (χ2v) is 5.68. The molecule has 0 spiro atoms. The van der Waals surface area contributed by atoms with Crippen molar-refractivity contribution in [2.45, 2.75) is 39.3 Å². The average Bonchev–Trinajstić information content (AvgIpc) is 2.44. The van der Waals surface area contributed by atoms with Crippen LogP contribution in [0.4, 0.5) is 0 Å². The Labute approximate surface area is 121 Å². The summed E-state index contributed by atoms with van der Waals surface area (Å²) < 4.78 is 16.5. The van der Waals surface area contributed by atoms with E-state index in [0.29, 0.717) is 12.0 Å². The van der Waals surface area contributed by atoms with Gasteiger partial charge in [-0.2, -0.15) is 0 Å². The lowest BCUT2D eigenvalue weighted by Crippen LogP contribution is -2.37. The third-order valence-corrected chi connectivity index (χ3v) is 3.84. The molecule has 1 heterocycles. The third kappa shape index (κ3) is 2.85. The molecule has 112 valence electrons. The largest absolute Gasteiger partial charge is 0.496 e. The predicted octanol–water partition coefficient (Wildman–Crippen LogP) is 2.77. The van der Waals surface area contributed by atoms with Crippen LogP contribution in [-0.4, -0.2) is 27.4 Å². The summed E-state index contributed by atoms with van der Waals surface area (Å²) in [6.45, 7) is 5.30. The van der Waals surface area contributed by atoms with Crippen LogP contribution in [0.2, 0.25) is 0 Å². The average molecular weight is 279 g/mol. The summed E-state index contributed by atoms with van der Waals surface area (Å²) in [6, 6.07) is 2.42. The van der Waals surface area contributed by atoms with E-state index in [0.717, 1.165) is 42.2 Å². The fourth-order valence-electron chi connectivity index (χ4n) is 2.98. The second-order valence-electron chi connectivity index (χ2n) is 5.68. The SMILES string of the molecule is COc1cc(OC)c(OC)c2c1CC(CC(C)C)NC2. The first-order valence-corrected chi connectivity index (χ1v) is 7.14. The molecule has 2 rings (SSSR count). The van der Waals surface area contributed by atoms with E-state index in [2.05, 4.69) is 19.2 Å². The minimum atomic E-state index is 0.495. The molecule has 1 unspecified atom stereocenters. The number of fused-ring (bicyclic) bond motifs is 1. The zero-order valence-corrected chi connectivity index (χ0v) is 13.1. The standard InChI is InChI=1S/C16H25NO3/c1-10(2)6-11-7-12-13(9-17-11)16(20-5)15(19-4)8-14(12)18-3/h8,10-11,17H,6-7,9H2,1-5H3. The lowest BCUT2D eigenvalue weighted by Gasteiger charge is -2.30. The molecule has 0 aromatic heterocycles. The van der Waals surface area contributed by atoms with Gasteiger partial charge in [0.05, 0.1) is 21.3 Å². The Morgan fingerprint density at radius 3 is 2.35 bits per heavy atom. The van der Waals surface area contributed by atoms with Crippen molar-refractivity contribution in [1.82, 2.24) is 5.32 Å². The van der Waals surface area contributed by atoms with Crippen molar-refractivity contribution >= 4 is 0 Å². The molecule has 4 heteroatoms. The Hall–Kier alpha value is -1.42. The summed E-state index contributed by atoms with van der Waals surface area (Å²) >= 11 is 0. The molecule has 0 amide bonds. The summed E-state index contributed by atoms with van der Waals surface area (Å²) in [7, 11) is 5.05. The highest BCUT2D eigenvalue weighted by Gasteiger charge is 2.27. The van der Waals surface area contributed by atoms with Gasteiger partial charge in [-0.15, -0.1) is 0 Å². The van der Waals surface area contributed by atoms with Gasteiger partial charge >= 0.3 is 0 Å². The number of methoxy groups -OCH3 is 3. The van der Waals surface area contributed by atoms with Crippen molar-refractivity contribution in [2.24, 2.45) is 5.92 Å². The molecule has 1 aromatic carbocycles. The van der Waals surface area contributed by atoms with Crippen LogP contribution in [0, 0.1) is 5.92 Å². The molecule has 1 aromatic rings. The highest BCUT2D eigenvalue weighted by Crippen LogP contribution is 2.41. The predicted molar refractivity (Wildman–Crippen MR) is 79.9 cm³/mol. The molecule has 1 aliphatic heterocycles. The van der Waals surface area contributed by atoms with E-state index in [1.54, 1.807) is 21.3 Å². The molecular weight excluding hydrogens is 254 g/mol. The number of benzene rings is 1. The number of hydrogen-bond acceptors (Lipinski definition) is 4. The second kappa shape index (κ2) is 6.35. The van der Waals surface area contributed by atoms with Crippen LogP contribution in [0.25, 0.3) is 0 Å². The van der Waals surface area contributed by atoms with Gasteiger partial charge < -0.3 is 19.5 Å². The summed E-state index contributed by atoms with van der Waals surface area (Å²) in [5.41, 5.74) is 2.40. The van der Waals surface area contributed by atoms with Gasteiger partial charge in [0.25, 0.3) is 0 Å². The van der Waals surface area contributed by atoms with Gasteiger partial charge in [-0.1, -0.05) is 13.8 Å². The van der Waals surface area contributed by atoms with Gasteiger partial charge in [-0.05, 0) is 18.8 Å². The van der Waals surface area contributed by atoms with E-state index in [1.165, 1.54) is 5.56 Å². The molecule has 20 heavy (non-hydrogen) atoms. The minimum absolute atomic E-state index is 0.495. The van der Waals surface area contributed by atoms with Crippen LogP contribution in [0.15, 0.2) is 6.07 Å². The fourth-order valence-corrected chi connectivity index (χ4v) is 2.98. The molecule has 0 bridgehead atoms. The lowest BCUT2D eigenvalue weighted by atomic mass is 9.89. The van der Waals surface area contributed by atoms with E-state index in [-0.39, 0.29) is 0 Å². The van der Waals surface area contributed by atoms with E-state index in [9.17, 15) is 0 Å². The molecule has 0 radical (unpaired) electrons. The normalized spacial score (nSPS) is 17.8. The summed E-state index contributed by atoms with van der Waals surface area (Å²) in [4.78, 5) is 0. The van der Waals surface area contributed by atoms with Crippen molar-refractivity contribution in [3.05, 3.63) is 17.2 Å². The maximum absolute atomic E-state index is 5.54. The molecule has 1 atom stereocenters. The molecular formula is C16H25NO3. The number of nitrogens with one attached hydrogen (secondary N) is 1. The lowest BCUT2D eigenvalue weighted by molar-refractivity contribution is 0.329. The topological polar surface area (TPSA) is 39.7 Å². The van der Waals surface area contributed by atoms with Crippen LogP contribution in [0.3, 0.4) is 0 Å². The van der Waals surface area contributed by atoms with Gasteiger partial charge in [0.1, 0.15) is 5.75 Å². The van der Waals surface area contributed by atoms with Gasteiger partial charge in [-0.25, -0.2) is 0 Å². The van der Waals surface area contributed by atoms with E-state index < -0.39 is 0 Å². The molecule has 0 aliphatic carbocycles. The van der Waals surface area contributed by atoms with Crippen molar-refractivity contribution < 1.29 is 14.2 Å². The minimum Gasteiger partial charge on any atom is -0.496 e. The zero-order valence-electron chi connectivity index (χ0n) is 13.1. The smallest absolute Gasteiger partial charge is 0.165 e. The summed E-state index contributed by atoms with van der Waals surface area (Å²) in [5.74, 6) is 3.12. The van der Waals surface area contributed by atoms with Crippen LogP contribution in [-0.2, 0) is 13.0 Å². The molecule has 0 fully saturated rings. The van der Waals surface area contributed by atoms with E-state index in [4.69, 9.17) is 14.2 Å². The zero-order chi connectivity index (χ0) is 14.7. The number of rotatable bonds is 5. The highest BCUT2D eigenvalue weighted by atomic mass is 16.5. The van der Waals surface area contributed by atoms with E-state index >= 15 is 0 Å². The number of hydrogen-bond donors (Lipinski definition) is 1. The fraction of sp³-hybridized carbons (Fsp3) is 0.625. The van der Waals surface area contributed by atoms with Crippen LogP contribution in [0.1, 0.15) is 31.4 Å². The van der Waals surface area contributed by atoms with Crippen molar-refractivity contribution in [3.63, 3.8) is 0 Å². The molecule has 1 aliphatic rings. The quantitative estimate of drug-likeness (QED) is 0.899. The van der Waals surface area contributed by atoms with Gasteiger partial charge in [0.2, 0.25) is 0 Å². The third-order valence-electron chi connectivity index (χ3n) is 3.84. The Balaban J connectivity index is 2.40. The van der Waals surface area contributed by atoms with E-state index in [1.807, 2.05) is 6.07 Å². The van der Waals surface area contributed by atoms with Gasteiger partial charge in [0.15, 0.2) is 11.5 Å².